The first-order valence-electron chi connectivity index (χ1n) is 11.8. The van der Waals surface area contributed by atoms with Crippen LogP contribution in [0.25, 0.3) is 16.6 Å². The van der Waals surface area contributed by atoms with E-state index in [1.807, 2.05) is 24.3 Å². The van der Waals surface area contributed by atoms with Crippen LogP contribution in [-0.4, -0.2) is 64.8 Å². The number of rotatable bonds is 8. The van der Waals surface area contributed by atoms with E-state index in [4.69, 9.17) is 36.1 Å². The minimum Gasteiger partial charge on any atom is -0.497 e. The van der Waals surface area contributed by atoms with Crippen molar-refractivity contribution in [2.45, 2.75) is 31.7 Å². The molecule has 11 heteroatoms. The van der Waals surface area contributed by atoms with Crippen LogP contribution < -0.4 is 14.8 Å². The fourth-order valence-electron chi connectivity index (χ4n) is 4.68. The molecule has 1 aliphatic heterocycles. The Morgan fingerprint density at radius 1 is 1.14 bits per heavy atom. The van der Waals surface area contributed by atoms with Gasteiger partial charge >= 0.3 is 0 Å². The smallest absolute Gasteiger partial charge is 0.251 e. The van der Waals surface area contributed by atoms with Gasteiger partial charge in [0, 0.05) is 41.0 Å². The largest absolute Gasteiger partial charge is 0.497 e. The summed E-state index contributed by atoms with van der Waals surface area (Å²) in [5, 5.41) is 9.52. The van der Waals surface area contributed by atoms with E-state index in [0.29, 0.717) is 59.1 Å². The Morgan fingerprint density at radius 3 is 2.78 bits per heavy atom. The molecule has 3 heterocycles. The number of alkyl halides is 2. The topological polar surface area (TPSA) is 76.8 Å². The summed E-state index contributed by atoms with van der Waals surface area (Å²) in [6.07, 6.45) is -0.690. The summed E-state index contributed by atoms with van der Waals surface area (Å²) in [5.74, 6) is 2.47. The summed E-state index contributed by atoms with van der Waals surface area (Å²) < 4.78 is 38.5. The number of hydrogen-bond donors (Lipinski definition) is 1. The maximum atomic E-state index is 13.0. The number of fused-ring (bicyclic) bond motifs is 3. The molecule has 8 nitrogen and oxygen atoms in total. The standard InChI is InChI=1S/C25H27ClF2N6O2/c1-35-18-7-5-15(21(11-18)36-2)12-29-25-30-20-10-17(26)6-8-19(20)24-31-23(32-34(24)25)16-4-3-9-33(13-16)14-22(27)28/h5-8,10-11,16,22H,3-4,9,12-14H2,1-2H3,(H,29,30)/t16-/m1/s1. The molecule has 1 N–H and O–H groups in total. The fraction of sp³-hybridized carbons (Fsp3) is 0.400. The Balaban J connectivity index is 1.51. The minimum atomic E-state index is -2.36. The average Bonchev–Trinajstić information content (AvgIpc) is 3.32. The number of nitrogens with one attached hydrogen (secondary N) is 1. The van der Waals surface area contributed by atoms with Crippen molar-refractivity contribution in [3.63, 3.8) is 0 Å². The van der Waals surface area contributed by atoms with E-state index in [9.17, 15) is 8.78 Å². The van der Waals surface area contributed by atoms with Gasteiger partial charge in [0.05, 0.1) is 26.3 Å². The molecule has 0 aliphatic carbocycles. The highest BCUT2D eigenvalue weighted by Gasteiger charge is 2.27. The Morgan fingerprint density at radius 2 is 2.00 bits per heavy atom. The second-order valence-electron chi connectivity index (χ2n) is 8.82. The molecule has 0 radical (unpaired) electrons. The Labute approximate surface area is 212 Å². The van der Waals surface area contributed by atoms with Crippen LogP contribution in [0, 0.1) is 0 Å². The Hall–Kier alpha value is -3.24. The van der Waals surface area contributed by atoms with Crippen molar-refractivity contribution in [2.75, 3.05) is 39.2 Å². The molecule has 1 saturated heterocycles. The van der Waals surface area contributed by atoms with Crippen molar-refractivity contribution in [3.8, 4) is 11.5 Å². The first kappa shape index (κ1) is 24.5. The molecule has 0 spiro atoms. The Bertz CT molecular complexity index is 1380. The highest BCUT2D eigenvalue weighted by atomic mass is 35.5. The number of anilines is 1. The average molecular weight is 517 g/mol. The van der Waals surface area contributed by atoms with Crippen molar-refractivity contribution in [2.24, 2.45) is 0 Å². The number of ether oxygens (including phenoxy) is 2. The second-order valence-corrected chi connectivity index (χ2v) is 9.26. The molecular formula is C25H27ClF2N6O2. The number of nitrogens with zero attached hydrogens (tertiary/aromatic N) is 5. The second kappa shape index (κ2) is 10.4. The summed E-state index contributed by atoms with van der Waals surface area (Å²) in [7, 11) is 3.22. The number of likely N-dealkylation sites (tertiary alicyclic amines) is 1. The minimum absolute atomic E-state index is 0.0331. The predicted molar refractivity (Wildman–Crippen MR) is 135 cm³/mol. The van der Waals surface area contributed by atoms with Crippen LogP contribution in [0.15, 0.2) is 36.4 Å². The maximum Gasteiger partial charge on any atom is 0.251 e. The van der Waals surface area contributed by atoms with Gasteiger partial charge in [-0.15, -0.1) is 5.10 Å². The van der Waals surface area contributed by atoms with Gasteiger partial charge in [-0.3, -0.25) is 4.90 Å². The SMILES string of the molecule is COc1ccc(CNc2nc3cc(Cl)ccc3c3nc([C@@H]4CCCN(CC(F)F)C4)nn23)c(OC)c1. The molecule has 5 rings (SSSR count). The van der Waals surface area contributed by atoms with E-state index in [-0.39, 0.29) is 12.5 Å². The Kier molecular flexibility index (Phi) is 7.06. The molecule has 1 fully saturated rings. The molecule has 1 atom stereocenters. The third kappa shape index (κ3) is 5.01. The monoisotopic (exact) mass is 516 g/mol. The van der Waals surface area contributed by atoms with Gasteiger partial charge in [0.2, 0.25) is 5.95 Å². The summed E-state index contributed by atoms with van der Waals surface area (Å²) in [6, 6.07) is 11.1. The number of halogens is 3. The summed E-state index contributed by atoms with van der Waals surface area (Å²) >= 11 is 6.25. The fourth-order valence-corrected chi connectivity index (χ4v) is 4.85. The lowest BCUT2D eigenvalue weighted by Gasteiger charge is -2.30. The van der Waals surface area contributed by atoms with Gasteiger partial charge in [-0.05, 0) is 49.7 Å². The van der Waals surface area contributed by atoms with Gasteiger partial charge in [-0.2, -0.15) is 4.52 Å². The van der Waals surface area contributed by atoms with Crippen molar-refractivity contribution in [3.05, 3.63) is 52.8 Å². The highest BCUT2D eigenvalue weighted by Crippen LogP contribution is 2.30. The number of hydrogen-bond acceptors (Lipinski definition) is 7. The van der Waals surface area contributed by atoms with Crippen LogP contribution in [0.4, 0.5) is 14.7 Å². The van der Waals surface area contributed by atoms with E-state index >= 15 is 0 Å². The molecule has 0 amide bonds. The summed E-state index contributed by atoms with van der Waals surface area (Å²) in [6.45, 7) is 1.35. The van der Waals surface area contributed by atoms with Gasteiger partial charge in [0.1, 0.15) is 11.5 Å². The normalized spacial score (nSPS) is 16.7. The molecule has 1 aliphatic rings. The zero-order valence-electron chi connectivity index (χ0n) is 20.0. The van der Waals surface area contributed by atoms with Crippen molar-refractivity contribution in [1.29, 1.82) is 0 Å². The van der Waals surface area contributed by atoms with Gasteiger partial charge in [0.25, 0.3) is 6.43 Å². The molecule has 4 aromatic rings. The van der Waals surface area contributed by atoms with Crippen molar-refractivity contribution >= 4 is 34.1 Å². The molecule has 190 valence electrons. The molecule has 2 aromatic carbocycles. The lowest BCUT2D eigenvalue weighted by molar-refractivity contribution is 0.0731. The number of benzene rings is 2. The number of piperidine rings is 1. The van der Waals surface area contributed by atoms with Crippen LogP contribution in [0.2, 0.25) is 5.02 Å². The van der Waals surface area contributed by atoms with E-state index in [1.54, 1.807) is 35.8 Å². The van der Waals surface area contributed by atoms with Crippen molar-refractivity contribution in [1.82, 2.24) is 24.5 Å². The molecular weight excluding hydrogens is 490 g/mol. The first-order chi connectivity index (χ1) is 17.4. The van der Waals surface area contributed by atoms with Crippen LogP contribution in [0.5, 0.6) is 11.5 Å². The van der Waals surface area contributed by atoms with Gasteiger partial charge < -0.3 is 14.8 Å². The predicted octanol–water partition coefficient (Wildman–Crippen LogP) is 5.00. The molecule has 0 saturated carbocycles. The zero-order chi connectivity index (χ0) is 25.2. The van der Waals surface area contributed by atoms with E-state index in [2.05, 4.69) is 5.32 Å². The molecule has 0 unspecified atom stereocenters. The maximum absolute atomic E-state index is 13.0. The molecule has 36 heavy (non-hydrogen) atoms. The zero-order valence-corrected chi connectivity index (χ0v) is 20.8. The van der Waals surface area contributed by atoms with Crippen molar-refractivity contribution < 1.29 is 18.3 Å². The van der Waals surface area contributed by atoms with E-state index in [0.717, 1.165) is 23.8 Å². The number of aromatic nitrogens is 4. The third-order valence-corrected chi connectivity index (χ3v) is 6.68. The summed E-state index contributed by atoms with van der Waals surface area (Å²) in [4.78, 5) is 11.4. The summed E-state index contributed by atoms with van der Waals surface area (Å²) in [5.41, 5.74) is 2.23. The van der Waals surface area contributed by atoms with Crippen LogP contribution in [0.1, 0.15) is 30.1 Å². The van der Waals surface area contributed by atoms with Crippen LogP contribution >= 0.6 is 11.6 Å². The van der Waals surface area contributed by atoms with Gasteiger partial charge in [-0.25, -0.2) is 18.7 Å². The van der Waals surface area contributed by atoms with Crippen LogP contribution in [0.3, 0.4) is 0 Å². The van der Waals surface area contributed by atoms with Gasteiger partial charge in [0.15, 0.2) is 11.5 Å². The van der Waals surface area contributed by atoms with E-state index < -0.39 is 6.43 Å². The first-order valence-corrected chi connectivity index (χ1v) is 12.1. The van der Waals surface area contributed by atoms with E-state index in [1.165, 1.54) is 0 Å². The van der Waals surface area contributed by atoms with Crippen LogP contribution in [-0.2, 0) is 6.54 Å². The lowest BCUT2D eigenvalue weighted by atomic mass is 9.97. The lowest BCUT2D eigenvalue weighted by Crippen LogP contribution is -2.37. The molecule has 0 bridgehead atoms. The number of methoxy groups -OCH3 is 2. The quantitative estimate of drug-likeness (QED) is 0.353. The molecule has 2 aromatic heterocycles. The highest BCUT2D eigenvalue weighted by molar-refractivity contribution is 6.31. The third-order valence-electron chi connectivity index (χ3n) is 6.45. The van der Waals surface area contributed by atoms with Gasteiger partial charge in [-0.1, -0.05) is 11.6 Å².